The Morgan fingerprint density at radius 1 is 1.21 bits per heavy atom. The number of allylic oxidation sites excluding steroid dienone is 1. The lowest BCUT2D eigenvalue weighted by Crippen LogP contribution is -2.57. The van der Waals surface area contributed by atoms with Gasteiger partial charge in [0.05, 0.1) is 16.6 Å². The Morgan fingerprint density at radius 2 is 1.90 bits per heavy atom. The maximum Gasteiger partial charge on any atom is 0.261 e. The molecule has 5 nitrogen and oxygen atoms in total. The minimum atomic E-state index is -1.40. The summed E-state index contributed by atoms with van der Waals surface area (Å²) in [5.41, 5.74) is -0.697. The Morgan fingerprint density at radius 3 is 2.55 bits per heavy atom. The Kier molecular flexibility index (Phi) is 6.02. The summed E-state index contributed by atoms with van der Waals surface area (Å²) in [6.45, 7) is 2.88. The van der Waals surface area contributed by atoms with Gasteiger partial charge in [0.15, 0.2) is 6.73 Å². The molecule has 29 heavy (non-hydrogen) atoms. The average Bonchev–Trinajstić information content (AvgIpc) is 2.70. The second-order valence-electron chi connectivity index (χ2n) is 6.94. The van der Waals surface area contributed by atoms with Crippen molar-refractivity contribution in [1.82, 2.24) is 4.90 Å². The monoisotopic (exact) mass is 464 g/mol. The highest BCUT2D eigenvalue weighted by Crippen LogP contribution is 2.32. The van der Waals surface area contributed by atoms with E-state index in [0.29, 0.717) is 22.2 Å². The Bertz CT molecular complexity index is 977. The molecule has 0 aliphatic carbocycles. The molecular weight excluding hydrogens is 446 g/mol. The third-order valence-electron chi connectivity index (χ3n) is 4.70. The van der Waals surface area contributed by atoms with Crippen LogP contribution in [0, 0.1) is 11.6 Å². The van der Waals surface area contributed by atoms with Crippen LogP contribution in [-0.2, 0) is 14.3 Å². The molecule has 0 saturated carbocycles. The number of carbonyl (C=O) groups excluding carboxylic acids is 2. The van der Waals surface area contributed by atoms with Crippen molar-refractivity contribution in [3.63, 3.8) is 0 Å². The van der Waals surface area contributed by atoms with Gasteiger partial charge < -0.3 is 10.1 Å². The number of alkyl halides is 1. The maximum absolute atomic E-state index is 13.9. The van der Waals surface area contributed by atoms with Crippen molar-refractivity contribution >= 4 is 39.0 Å². The zero-order valence-corrected chi connectivity index (χ0v) is 17.4. The van der Waals surface area contributed by atoms with Crippen LogP contribution in [0.2, 0.25) is 0 Å². The molecule has 0 spiro atoms. The molecule has 0 atom stereocenters. The van der Waals surface area contributed by atoms with Gasteiger partial charge in [0.2, 0.25) is 5.91 Å². The number of nitrogens with zero attached hydrogens (tertiary/aromatic N) is 1. The van der Waals surface area contributed by atoms with Crippen LogP contribution in [0.4, 0.5) is 14.5 Å². The Labute approximate surface area is 175 Å². The molecule has 0 radical (unpaired) electrons. The van der Waals surface area contributed by atoms with E-state index in [1.165, 1.54) is 18.7 Å². The van der Waals surface area contributed by atoms with E-state index in [9.17, 15) is 18.4 Å². The van der Waals surface area contributed by atoms with E-state index in [4.69, 9.17) is 4.74 Å². The lowest BCUT2D eigenvalue weighted by Gasteiger charge is -2.40. The van der Waals surface area contributed by atoms with Crippen molar-refractivity contribution in [3.05, 3.63) is 71.5 Å². The van der Waals surface area contributed by atoms with Crippen LogP contribution < -0.4 is 5.32 Å². The van der Waals surface area contributed by atoms with Crippen LogP contribution in [0.5, 0.6) is 0 Å². The minimum Gasteiger partial charge on any atom is -0.476 e. The highest BCUT2D eigenvalue weighted by atomic mass is 79.9. The minimum absolute atomic E-state index is 0.151. The normalized spacial score (nSPS) is 14.7. The molecule has 3 rings (SSSR count). The summed E-state index contributed by atoms with van der Waals surface area (Å²) in [6, 6.07) is 11.7. The van der Waals surface area contributed by atoms with Gasteiger partial charge in [0, 0.05) is 6.07 Å². The van der Waals surface area contributed by atoms with Gasteiger partial charge in [-0.15, -0.1) is 0 Å². The molecule has 2 amide bonds. The maximum atomic E-state index is 13.9. The molecule has 0 fully saturated rings. The fraction of sp³-hybridized carbons (Fsp3) is 0.238. The first-order chi connectivity index (χ1) is 13.8. The van der Waals surface area contributed by atoms with Crippen molar-refractivity contribution in [2.45, 2.75) is 19.4 Å². The van der Waals surface area contributed by atoms with Crippen molar-refractivity contribution in [3.8, 4) is 0 Å². The topological polar surface area (TPSA) is 58.6 Å². The predicted molar refractivity (Wildman–Crippen MR) is 109 cm³/mol. The number of carbonyl (C=O) groups is 2. The number of rotatable bonds is 5. The van der Waals surface area contributed by atoms with Gasteiger partial charge in [0.25, 0.3) is 5.91 Å². The number of ether oxygens (including phenoxy) is 1. The van der Waals surface area contributed by atoms with Crippen LogP contribution >= 0.6 is 15.9 Å². The van der Waals surface area contributed by atoms with E-state index in [0.717, 1.165) is 18.2 Å². The summed E-state index contributed by atoms with van der Waals surface area (Å²) in [4.78, 5) is 27.4. The van der Waals surface area contributed by atoms with Gasteiger partial charge in [-0.25, -0.2) is 8.78 Å². The Balaban J connectivity index is 1.91. The SMILES string of the molecule is CC(C)(C(=O)Nc1cc(F)ccc1F)N1COC(CBr)=C(c2ccccc2)C1=O. The van der Waals surface area contributed by atoms with Crippen LogP contribution in [0.1, 0.15) is 19.4 Å². The van der Waals surface area contributed by atoms with E-state index < -0.39 is 29.0 Å². The van der Waals surface area contributed by atoms with Gasteiger partial charge in [-0.05, 0) is 31.5 Å². The fourth-order valence-corrected chi connectivity index (χ4v) is 3.37. The smallest absolute Gasteiger partial charge is 0.261 e. The number of amides is 2. The number of benzene rings is 2. The second-order valence-corrected chi connectivity index (χ2v) is 7.50. The lowest BCUT2D eigenvalue weighted by atomic mass is 9.96. The highest BCUT2D eigenvalue weighted by Gasteiger charge is 2.42. The number of halogens is 3. The van der Waals surface area contributed by atoms with Gasteiger partial charge >= 0.3 is 0 Å². The molecule has 0 bridgehead atoms. The molecule has 2 aromatic carbocycles. The molecule has 1 aliphatic rings. The van der Waals surface area contributed by atoms with E-state index >= 15 is 0 Å². The predicted octanol–water partition coefficient (Wildman–Crippen LogP) is 4.30. The molecule has 0 unspecified atom stereocenters. The fourth-order valence-electron chi connectivity index (χ4n) is 2.93. The quantitative estimate of drug-likeness (QED) is 0.670. The summed E-state index contributed by atoms with van der Waals surface area (Å²) in [7, 11) is 0. The molecule has 2 aromatic rings. The second kappa shape index (κ2) is 8.32. The van der Waals surface area contributed by atoms with E-state index in [-0.39, 0.29) is 12.4 Å². The van der Waals surface area contributed by atoms with Gasteiger partial charge in [0.1, 0.15) is 22.9 Å². The van der Waals surface area contributed by atoms with E-state index in [2.05, 4.69) is 21.2 Å². The summed E-state index contributed by atoms with van der Waals surface area (Å²) in [6.07, 6.45) is 0. The third kappa shape index (κ3) is 4.17. The van der Waals surface area contributed by atoms with Crippen LogP contribution in [0.15, 0.2) is 54.3 Å². The summed E-state index contributed by atoms with van der Waals surface area (Å²) in [5, 5.41) is 2.69. The number of nitrogens with one attached hydrogen (secondary N) is 1. The molecule has 1 aliphatic heterocycles. The molecular formula is C21H19BrF2N2O3. The molecule has 1 N–H and O–H groups in total. The molecule has 0 saturated heterocycles. The van der Waals surface area contributed by atoms with Crippen LogP contribution in [0.25, 0.3) is 5.57 Å². The largest absolute Gasteiger partial charge is 0.476 e. The standard InChI is InChI=1S/C21H19BrF2N2O3/c1-21(2,20(28)25-16-10-14(23)8-9-15(16)24)26-12-29-17(11-22)18(19(26)27)13-6-4-3-5-7-13/h3-10H,11-12H2,1-2H3,(H,25,28). The van der Waals surface area contributed by atoms with E-state index in [1.54, 1.807) is 24.3 Å². The van der Waals surface area contributed by atoms with Crippen molar-refractivity contribution in [2.24, 2.45) is 0 Å². The number of anilines is 1. The first-order valence-electron chi connectivity index (χ1n) is 8.81. The molecule has 152 valence electrons. The van der Waals surface area contributed by atoms with Crippen molar-refractivity contribution in [2.75, 3.05) is 17.4 Å². The number of hydrogen-bond donors (Lipinski definition) is 1. The first-order valence-corrected chi connectivity index (χ1v) is 9.93. The summed E-state index contributed by atoms with van der Waals surface area (Å²) < 4.78 is 33.1. The van der Waals surface area contributed by atoms with Gasteiger partial charge in [-0.1, -0.05) is 46.3 Å². The summed E-state index contributed by atoms with van der Waals surface area (Å²) >= 11 is 3.32. The number of hydrogen-bond acceptors (Lipinski definition) is 3. The third-order valence-corrected chi connectivity index (χ3v) is 5.21. The molecule has 1 heterocycles. The molecule has 8 heteroatoms. The average molecular weight is 465 g/mol. The van der Waals surface area contributed by atoms with Crippen molar-refractivity contribution in [1.29, 1.82) is 0 Å². The lowest BCUT2D eigenvalue weighted by molar-refractivity contribution is -0.147. The Hall–Kier alpha value is -2.74. The zero-order chi connectivity index (χ0) is 21.2. The van der Waals surface area contributed by atoms with Gasteiger partial charge in [-0.3, -0.25) is 14.5 Å². The van der Waals surface area contributed by atoms with Gasteiger partial charge in [-0.2, -0.15) is 0 Å². The molecule has 0 aromatic heterocycles. The van der Waals surface area contributed by atoms with E-state index in [1.807, 2.05) is 6.07 Å². The highest BCUT2D eigenvalue weighted by molar-refractivity contribution is 9.09. The first kappa shape index (κ1) is 21.0. The van der Waals surface area contributed by atoms with Crippen LogP contribution in [-0.4, -0.2) is 34.3 Å². The van der Waals surface area contributed by atoms with Crippen molar-refractivity contribution < 1.29 is 23.1 Å². The van der Waals surface area contributed by atoms with Crippen LogP contribution in [0.3, 0.4) is 0 Å². The summed E-state index contributed by atoms with van der Waals surface area (Å²) in [5.74, 6) is -2.06. The zero-order valence-electron chi connectivity index (χ0n) is 15.8.